The van der Waals surface area contributed by atoms with Crippen LogP contribution in [0.4, 0.5) is 0 Å². The number of aliphatic hydroxyl groups excluding tert-OH is 1. The van der Waals surface area contributed by atoms with E-state index in [9.17, 15) is 10.2 Å². The van der Waals surface area contributed by atoms with Gasteiger partial charge in [0.2, 0.25) is 0 Å². The van der Waals surface area contributed by atoms with Crippen LogP contribution in [0.3, 0.4) is 0 Å². The van der Waals surface area contributed by atoms with Crippen molar-refractivity contribution in [3.05, 3.63) is 65.2 Å². The van der Waals surface area contributed by atoms with E-state index in [0.717, 1.165) is 12.0 Å². The minimum absolute atomic E-state index is 0.259. The van der Waals surface area contributed by atoms with Gasteiger partial charge in [0, 0.05) is 5.92 Å². The summed E-state index contributed by atoms with van der Waals surface area (Å²) in [6, 6.07) is 15.3. The second-order valence-electron chi connectivity index (χ2n) is 4.95. The number of aliphatic hydroxyl groups is 1. The number of hydrogen-bond donors (Lipinski definition) is 2. The highest BCUT2D eigenvalue weighted by Crippen LogP contribution is 2.38. The van der Waals surface area contributed by atoms with Gasteiger partial charge in [0.15, 0.2) is 0 Å². The van der Waals surface area contributed by atoms with E-state index in [4.69, 9.17) is 0 Å². The van der Waals surface area contributed by atoms with E-state index in [1.165, 1.54) is 11.1 Å². The molecule has 0 saturated carbocycles. The van der Waals surface area contributed by atoms with E-state index >= 15 is 0 Å². The highest BCUT2D eigenvalue weighted by atomic mass is 16.3. The maximum absolute atomic E-state index is 10.3. The Bertz CT molecular complexity index is 545. The smallest absolute Gasteiger partial charge is 0.115 e. The van der Waals surface area contributed by atoms with Crippen LogP contribution in [0.2, 0.25) is 0 Å². The van der Waals surface area contributed by atoms with E-state index in [0.29, 0.717) is 6.42 Å². The summed E-state index contributed by atoms with van der Waals surface area (Å²) >= 11 is 0. The third-order valence-corrected chi connectivity index (χ3v) is 3.74. The van der Waals surface area contributed by atoms with Crippen LogP contribution in [0.25, 0.3) is 0 Å². The van der Waals surface area contributed by atoms with Crippen LogP contribution in [0, 0.1) is 0 Å². The molecule has 0 radical (unpaired) electrons. The van der Waals surface area contributed by atoms with Gasteiger partial charge in [-0.2, -0.15) is 0 Å². The average Bonchev–Trinajstić information content (AvgIpc) is 2.34. The monoisotopic (exact) mass is 240 g/mol. The Balaban J connectivity index is 1.70. The van der Waals surface area contributed by atoms with Gasteiger partial charge in [-0.15, -0.1) is 0 Å². The van der Waals surface area contributed by atoms with Crippen molar-refractivity contribution < 1.29 is 10.2 Å². The molecular formula is C16H16O2. The fraction of sp³-hybridized carbons (Fsp3) is 0.250. The summed E-state index contributed by atoms with van der Waals surface area (Å²) in [5, 5.41) is 19.5. The van der Waals surface area contributed by atoms with E-state index in [-0.39, 0.29) is 17.8 Å². The first kappa shape index (κ1) is 11.3. The topological polar surface area (TPSA) is 40.5 Å². The predicted molar refractivity (Wildman–Crippen MR) is 70.7 cm³/mol. The molecule has 0 aliphatic heterocycles. The van der Waals surface area contributed by atoms with Crippen LogP contribution in [0.5, 0.6) is 5.75 Å². The summed E-state index contributed by atoms with van der Waals surface area (Å²) in [4.78, 5) is 0. The molecule has 0 heterocycles. The van der Waals surface area contributed by atoms with E-state index < -0.39 is 0 Å². The van der Waals surface area contributed by atoms with Gasteiger partial charge in [0.25, 0.3) is 0 Å². The molecule has 0 amide bonds. The van der Waals surface area contributed by atoms with Crippen molar-refractivity contribution in [3.8, 4) is 5.75 Å². The number of phenols is 1. The summed E-state index contributed by atoms with van der Waals surface area (Å²) < 4.78 is 0. The highest BCUT2D eigenvalue weighted by Gasteiger charge is 2.31. The largest absolute Gasteiger partial charge is 0.508 e. The lowest BCUT2D eigenvalue weighted by Gasteiger charge is -2.34. The molecule has 3 rings (SSSR count). The third-order valence-electron chi connectivity index (χ3n) is 3.74. The zero-order valence-corrected chi connectivity index (χ0v) is 10.1. The highest BCUT2D eigenvalue weighted by molar-refractivity contribution is 5.41. The summed E-state index contributed by atoms with van der Waals surface area (Å²) in [6.07, 6.45) is 1.26. The quantitative estimate of drug-likeness (QED) is 0.865. The molecule has 2 heteroatoms. The first-order valence-electron chi connectivity index (χ1n) is 6.28. The Morgan fingerprint density at radius 1 is 1.06 bits per heavy atom. The lowest BCUT2D eigenvalue weighted by atomic mass is 9.73. The molecule has 2 unspecified atom stereocenters. The van der Waals surface area contributed by atoms with Crippen molar-refractivity contribution in [2.75, 3.05) is 0 Å². The van der Waals surface area contributed by atoms with Crippen LogP contribution < -0.4 is 0 Å². The normalized spacial score (nSPS) is 18.8. The van der Waals surface area contributed by atoms with Crippen molar-refractivity contribution in [1.82, 2.24) is 0 Å². The second-order valence-corrected chi connectivity index (χ2v) is 4.95. The molecule has 0 fully saturated rings. The number of fused-ring (bicyclic) bond motifs is 1. The maximum Gasteiger partial charge on any atom is 0.115 e. The second kappa shape index (κ2) is 4.46. The Hall–Kier alpha value is -1.80. The molecule has 18 heavy (non-hydrogen) atoms. The molecular weight excluding hydrogens is 224 g/mol. The lowest BCUT2D eigenvalue weighted by molar-refractivity contribution is 0.133. The fourth-order valence-corrected chi connectivity index (χ4v) is 2.66. The SMILES string of the molecule is Oc1ccc(CC(O)C2Cc3ccccc32)cc1. The molecule has 1 aliphatic rings. The first-order chi connectivity index (χ1) is 8.74. The van der Waals surface area contributed by atoms with Crippen LogP contribution in [0.1, 0.15) is 22.6 Å². The number of hydrogen-bond acceptors (Lipinski definition) is 2. The van der Waals surface area contributed by atoms with E-state index in [1.807, 2.05) is 24.3 Å². The van der Waals surface area contributed by atoms with Gasteiger partial charge in [-0.3, -0.25) is 0 Å². The summed E-state index contributed by atoms with van der Waals surface area (Å²) in [5.41, 5.74) is 3.70. The van der Waals surface area contributed by atoms with Gasteiger partial charge in [0.05, 0.1) is 6.10 Å². The van der Waals surface area contributed by atoms with Crippen molar-refractivity contribution in [1.29, 1.82) is 0 Å². The number of benzene rings is 2. The molecule has 2 atom stereocenters. The molecule has 92 valence electrons. The molecule has 0 spiro atoms. The van der Waals surface area contributed by atoms with Crippen LogP contribution in [-0.4, -0.2) is 16.3 Å². The third kappa shape index (κ3) is 2.00. The standard InChI is InChI=1S/C16H16O2/c17-13-7-5-11(6-8-13)9-16(18)15-10-12-3-1-2-4-14(12)15/h1-8,15-18H,9-10H2. The minimum atomic E-state index is -0.343. The van der Waals surface area contributed by atoms with Gasteiger partial charge in [-0.25, -0.2) is 0 Å². The molecule has 2 N–H and O–H groups in total. The van der Waals surface area contributed by atoms with Crippen LogP contribution in [-0.2, 0) is 12.8 Å². The van der Waals surface area contributed by atoms with Crippen molar-refractivity contribution in [2.45, 2.75) is 24.9 Å². The van der Waals surface area contributed by atoms with Crippen LogP contribution >= 0.6 is 0 Å². The Morgan fingerprint density at radius 3 is 2.50 bits per heavy atom. The van der Waals surface area contributed by atoms with Gasteiger partial charge < -0.3 is 10.2 Å². The van der Waals surface area contributed by atoms with Gasteiger partial charge >= 0.3 is 0 Å². The number of phenolic OH excluding ortho intramolecular Hbond substituents is 1. The van der Waals surface area contributed by atoms with Crippen molar-refractivity contribution >= 4 is 0 Å². The minimum Gasteiger partial charge on any atom is -0.508 e. The Kier molecular flexibility index (Phi) is 2.80. The summed E-state index contributed by atoms with van der Waals surface area (Å²) in [6.45, 7) is 0. The van der Waals surface area contributed by atoms with E-state index in [2.05, 4.69) is 12.1 Å². The first-order valence-corrected chi connectivity index (χ1v) is 6.28. The fourth-order valence-electron chi connectivity index (χ4n) is 2.66. The van der Waals surface area contributed by atoms with Crippen molar-refractivity contribution in [3.63, 3.8) is 0 Å². The number of aromatic hydroxyl groups is 1. The lowest BCUT2D eigenvalue weighted by Crippen LogP contribution is -2.30. The maximum atomic E-state index is 10.3. The summed E-state index contributed by atoms with van der Waals surface area (Å²) in [7, 11) is 0. The zero-order chi connectivity index (χ0) is 12.5. The molecule has 2 aromatic rings. The Labute approximate surface area is 107 Å². The van der Waals surface area contributed by atoms with Gasteiger partial charge in [-0.05, 0) is 41.7 Å². The molecule has 0 aromatic heterocycles. The van der Waals surface area contributed by atoms with Gasteiger partial charge in [-0.1, -0.05) is 36.4 Å². The molecule has 2 nitrogen and oxygen atoms in total. The average molecular weight is 240 g/mol. The molecule has 1 aliphatic carbocycles. The molecule has 2 aromatic carbocycles. The molecule has 0 saturated heterocycles. The Morgan fingerprint density at radius 2 is 1.78 bits per heavy atom. The number of rotatable bonds is 3. The summed E-state index contributed by atoms with van der Waals surface area (Å²) in [5.74, 6) is 0.525. The van der Waals surface area contributed by atoms with E-state index in [1.54, 1.807) is 12.1 Å². The molecule has 0 bridgehead atoms. The zero-order valence-electron chi connectivity index (χ0n) is 10.1. The van der Waals surface area contributed by atoms with Crippen LogP contribution in [0.15, 0.2) is 48.5 Å². The predicted octanol–water partition coefficient (Wildman–Crippen LogP) is 2.64. The van der Waals surface area contributed by atoms with Crippen molar-refractivity contribution in [2.24, 2.45) is 0 Å². The van der Waals surface area contributed by atoms with Gasteiger partial charge in [0.1, 0.15) is 5.75 Å².